The van der Waals surface area contributed by atoms with E-state index in [0.717, 1.165) is 5.56 Å². The Bertz CT molecular complexity index is 666. The molecule has 1 fully saturated rings. The Balaban J connectivity index is 1.63. The van der Waals surface area contributed by atoms with Gasteiger partial charge in [0, 0.05) is 39.2 Å². The van der Waals surface area contributed by atoms with E-state index in [-0.39, 0.29) is 18.6 Å². The zero-order valence-electron chi connectivity index (χ0n) is 12.8. The van der Waals surface area contributed by atoms with Gasteiger partial charge in [-0.1, -0.05) is 11.6 Å². The van der Waals surface area contributed by atoms with Crippen LogP contribution in [0.15, 0.2) is 18.2 Å². The maximum Gasteiger partial charge on any atom is 0.246 e. The lowest BCUT2D eigenvalue weighted by Crippen LogP contribution is -2.49. The predicted molar refractivity (Wildman–Crippen MR) is 85.4 cm³/mol. The van der Waals surface area contributed by atoms with E-state index in [2.05, 4.69) is 0 Å². The molecule has 1 saturated heterocycles. The number of halogens is 1. The highest BCUT2D eigenvalue weighted by Gasteiger charge is 2.21. The molecule has 1 aromatic rings. The summed E-state index contributed by atoms with van der Waals surface area (Å²) in [7, 11) is 0. The number of carbonyl (C=O) groups excluding carboxylic acids is 2. The first-order valence-corrected chi connectivity index (χ1v) is 7.74. The van der Waals surface area contributed by atoms with Crippen molar-refractivity contribution in [3.05, 3.63) is 28.8 Å². The fourth-order valence-corrected chi connectivity index (χ4v) is 2.87. The first-order valence-electron chi connectivity index (χ1n) is 7.36. The van der Waals surface area contributed by atoms with Gasteiger partial charge in [0.1, 0.15) is 0 Å². The molecule has 0 saturated carbocycles. The molecule has 0 atom stereocenters. The Morgan fingerprint density at radius 1 is 1.13 bits per heavy atom. The van der Waals surface area contributed by atoms with Gasteiger partial charge in [-0.2, -0.15) is 0 Å². The van der Waals surface area contributed by atoms with E-state index in [1.807, 2.05) is 0 Å². The number of nitrogens with zero attached hydrogens (tertiary/aromatic N) is 2. The van der Waals surface area contributed by atoms with Crippen molar-refractivity contribution in [2.45, 2.75) is 6.92 Å². The van der Waals surface area contributed by atoms with Crippen LogP contribution in [0.25, 0.3) is 6.08 Å². The zero-order chi connectivity index (χ0) is 16.4. The summed E-state index contributed by atoms with van der Waals surface area (Å²) in [6, 6.07) is 3.51. The molecule has 0 N–H and O–H groups in total. The van der Waals surface area contributed by atoms with Crippen molar-refractivity contribution >= 4 is 29.5 Å². The maximum atomic E-state index is 12.2. The fraction of sp³-hybridized carbons (Fsp3) is 0.375. The summed E-state index contributed by atoms with van der Waals surface area (Å²) in [4.78, 5) is 27.0. The molecule has 23 heavy (non-hydrogen) atoms. The van der Waals surface area contributed by atoms with Crippen molar-refractivity contribution in [2.75, 3.05) is 33.0 Å². The average molecular weight is 337 g/mol. The summed E-state index contributed by atoms with van der Waals surface area (Å²) in [5.41, 5.74) is 0.773. The van der Waals surface area contributed by atoms with Gasteiger partial charge in [-0.25, -0.2) is 0 Å². The summed E-state index contributed by atoms with van der Waals surface area (Å²) in [5.74, 6) is 1.08. The Morgan fingerprint density at radius 3 is 2.52 bits per heavy atom. The summed E-state index contributed by atoms with van der Waals surface area (Å²) in [6.45, 7) is 3.94. The molecule has 2 aliphatic rings. The standard InChI is InChI=1S/C16H17ClN2O4/c1-11(20)18-4-6-19(7-5-18)15(21)3-2-12-8-13(17)16-14(9-12)22-10-23-16/h2-3,8-9H,4-7,10H2,1H3/b3-2+. The van der Waals surface area contributed by atoms with Crippen LogP contribution >= 0.6 is 11.6 Å². The van der Waals surface area contributed by atoms with Crippen molar-refractivity contribution in [2.24, 2.45) is 0 Å². The number of benzene rings is 1. The van der Waals surface area contributed by atoms with Gasteiger partial charge in [0.25, 0.3) is 0 Å². The number of rotatable bonds is 2. The number of hydrogen-bond donors (Lipinski definition) is 0. The number of fused-ring (bicyclic) bond motifs is 1. The third-order valence-corrected chi connectivity index (χ3v) is 4.19. The Hall–Kier alpha value is -2.21. The van der Waals surface area contributed by atoms with Gasteiger partial charge in [-0.15, -0.1) is 0 Å². The highest BCUT2D eigenvalue weighted by atomic mass is 35.5. The number of piperazine rings is 1. The molecule has 2 aliphatic heterocycles. The highest BCUT2D eigenvalue weighted by Crippen LogP contribution is 2.40. The normalized spacial score (nSPS) is 17.0. The lowest BCUT2D eigenvalue weighted by Gasteiger charge is -2.33. The molecule has 0 radical (unpaired) electrons. The highest BCUT2D eigenvalue weighted by molar-refractivity contribution is 6.32. The van der Waals surface area contributed by atoms with Crippen LogP contribution in [0.2, 0.25) is 5.02 Å². The predicted octanol–water partition coefficient (Wildman–Crippen LogP) is 1.77. The first-order chi connectivity index (χ1) is 11.0. The van der Waals surface area contributed by atoms with Crippen LogP contribution in [-0.4, -0.2) is 54.6 Å². The molecule has 122 valence electrons. The van der Waals surface area contributed by atoms with Crippen molar-refractivity contribution in [1.29, 1.82) is 0 Å². The third-order valence-electron chi connectivity index (χ3n) is 3.90. The van der Waals surface area contributed by atoms with Gasteiger partial charge in [0.2, 0.25) is 18.6 Å². The molecule has 7 heteroatoms. The fourth-order valence-electron chi connectivity index (χ4n) is 2.60. The van der Waals surface area contributed by atoms with E-state index in [1.54, 1.807) is 34.9 Å². The summed E-state index contributed by atoms with van der Waals surface area (Å²) in [6.07, 6.45) is 3.21. The topological polar surface area (TPSA) is 59.1 Å². The number of amides is 2. The van der Waals surface area contributed by atoms with Crippen LogP contribution in [0, 0.1) is 0 Å². The van der Waals surface area contributed by atoms with E-state index in [0.29, 0.717) is 42.7 Å². The van der Waals surface area contributed by atoms with Gasteiger partial charge in [0.15, 0.2) is 11.5 Å². The molecule has 0 spiro atoms. The van der Waals surface area contributed by atoms with Gasteiger partial charge >= 0.3 is 0 Å². The van der Waals surface area contributed by atoms with Crippen LogP contribution in [-0.2, 0) is 9.59 Å². The minimum atomic E-state index is -0.0815. The van der Waals surface area contributed by atoms with Gasteiger partial charge in [0.05, 0.1) is 5.02 Å². The van der Waals surface area contributed by atoms with Crippen LogP contribution in [0.1, 0.15) is 12.5 Å². The molecule has 0 aliphatic carbocycles. The Morgan fingerprint density at radius 2 is 1.83 bits per heavy atom. The van der Waals surface area contributed by atoms with Crippen molar-refractivity contribution in [3.8, 4) is 11.5 Å². The van der Waals surface area contributed by atoms with E-state index in [9.17, 15) is 9.59 Å². The minimum absolute atomic E-state index is 0.0441. The lowest BCUT2D eigenvalue weighted by atomic mass is 10.2. The summed E-state index contributed by atoms with van der Waals surface area (Å²) < 4.78 is 10.6. The lowest BCUT2D eigenvalue weighted by molar-refractivity contribution is -0.135. The van der Waals surface area contributed by atoms with Gasteiger partial charge < -0.3 is 19.3 Å². The minimum Gasteiger partial charge on any atom is -0.454 e. The number of hydrogen-bond acceptors (Lipinski definition) is 4. The molecular formula is C16H17ClN2O4. The molecular weight excluding hydrogens is 320 g/mol. The summed E-state index contributed by atoms with van der Waals surface area (Å²) >= 11 is 6.11. The van der Waals surface area contributed by atoms with Crippen molar-refractivity contribution in [1.82, 2.24) is 9.80 Å². The van der Waals surface area contributed by atoms with E-state index >= 15 is 0 Å². The molecule has 0 bridgehead atoms. The van der Waals surface area contributed by atoms with Crippen molar-refractivity contribution < 1.29 is 19.1 Å². The maximum absolute atomic E-state index is 12.2. The quantitative estimate of drug-likeness (QED) is 0.772. The molecule has 2 amide bonds. The monoisotopic (exact) mass is 336 g/mol. The van der Waals surface area contributed by atoms with Crippen molar-refractivity contribution in [3.63, 3.8) is 0 Å². The molecule has 0 aromatic heterocycles. The smallest absolute Gasteiger partial charge is 0.246 e. The first kappa shape index (κ1) is 15.7. The second-order valence-electron chi connectivity index (χ2n) is 5.40. The zero-order valence-corrected chi connectivity index (χ0v) is 13.5. The van der Waals surface area contributed by atoms with E-state index in [1.165, 1.54) is 6.08 Å². The van der Waals surface area contributed by atoms with E-state index in [4.69, 9.17) is 21.1 Å². The number of ether oxygens (including phenoxy) is 2. The Kier molecular flexibility index (Phi) is 4.43. The van der Waals surface area contributed by atoms with Crippen LogP contribution < -0.4 is 9.47 Å². The molecule has 6 nitrogen and oxygen atoms in total. The van der Waals surface area contributed by atoms with Gasteiger partial charge in [-0.05, 0) is 23.8 Å². The average Bonchev–Trinajstić information content (AvgIpc) is 3.02. The molecule has 2 heterocycles. The molecule has 3 rings (SSSR count). The number of carbonyl (C=O) groups is 2. The molecule has 0 unspecified atom stereocenters. The molecule has 1 aromatic carbocycles. The third kappa shape index (κ3) is 3.42. The Labute approximate surface area is 139 Å². The second kappa shape index (κ2) is 6.50. The second-order valence-corrected chi connectivity index (χ2v) is 5.81. The van der Waals surface area contributed by atoms with Gasteiger partial charge in [-0.3, -0.25) is 9.59 Å². The van der Waals surface area contributed by atoms with Crippen LogP contribution in [0.3, 0.4) is 0 Å². The SMILES string of the molecule is CC(=O)N1CCN(C(=O)/C=C/c2cc(Cl)c3c(c2)OCO3)CC1. The van der Waals surface area contributed by atoms with E-state index < -0.39 is 0 Å². The van der Waals surface area contributed by atoms with Crippen LogP contribution in [0.4, 0.5) is 0 Å². The van der Waals surface area contributed by atoms with Crippen LogP contribution in [0.5, 0.6) is 11.5 Å². The largest absolute Gasteiger partial charge is 0.454 e. The summed E-state index contributed by atoms with van der Waals surface area (Å²) in [5, 5.41) is 0.460.